The molecule has 0 saturated heterocycles. The minimum absolute atomic E-state index is 0. The van der Waals surface area contributed by atoms with Gasteiger partial charge in [-0.1, -0.05) is 19.4 Å². The number of aromatic nitrogens is 2. The van der Waals surface area contributed by atoms with E-state index in [2.05, 4.69) is 18.1 Å². The molecular weight excluding hydrogens is 326 g/mol. The molecule has 0 atom stereocenters. The van der Waals surface area contributed by atoms with E-state index in [1.165, 1.54) is 0 Å². The first-order chi connectivity index (χ1) is 3.43. The van der Waals surface area contributed by atoms with Crippen molar-refractivity contribution in [3.8, 4) is 0 Å². The van der Waals surface area contributed by atoms with Crippen LogP contribution in [0.2, 0.25) is 0 Å². The molecule has 0 N–H and O–H groups in total. The van der Waals surface area contributed by atoms with Gasteiger partial charge in [0, 0.05) is 0 Å². The first-order valence-corrected chi connectivity index (χ1v) is 2.31. The largest absolute Gasteiger partial charge is 2.00 e. The third-order valence-electron chi connectivity index (χ3n) is 0.845. The van der Waals surface area contributed by atoms with Gasteiger partial charge in [-0.25, -0.2) is 0 Å². The van der Waals surface area contributed by atoms with Gasteiger partial charge in [0.25, 0.3) is 0 Å². The van der Waals surface area contributed by atoms with Gasteiger partial charge in [-0.15, -0.1) is 0 Å². The van der Waals surface area contributed by atoms with Gasteiger partial charge in [-0.05, 0) is 6.54 Å². The summed E-state index contributed by atoms with van der Waals surface area (Å²) in [6, 6.07) is 0. The van der Waals surface area contributed by atoms with E-state index < -0.39 is 0 Å². The molecule has 1 aromatic rings. The van der Waals surface area contributed by atoms with Gasteiger partial charge in [0.15, 0.2) is 0 Å². The second-order valence-corrected chi connectivity index (χ2v) is 1.31. The number of aryl methyl sites for hydroxylation is 1. The summed E-state index contributed by atoms with van der Waals surface area (Å²) in [7, 11) is 0. The topological polar surface area (TPSA) is 17.8 Å². The van der Waals surface area contributed by atoms with Gasteiger partial charge in [-0.2, -0.15) is 6.20 Å². The monoisotopic (exact) mass is 333 g/mol. The first kappa shape index (κ1) is 8.26. The number of nitrogens with zero attached hydrogens (tertiary/aromatic N) is 2. The zero-order valence-corrected chi connectivity index (χ0v) is 8.92. The molecular formula is C5H7N2U+. The van der Waals surface area contributed by atoms with Crippen molar-refractivity contribution >= 4 is 0 Å². The quantitative estimate of drug-likeness (QED) is 0.692. The normalized spacial score (nSPS) is 8.12. The summed E-state index contributed by atoms with van der Waals surface area (Å²) in [5.41, 5.74) is 0. The zero-order chi connectivity index (χ0) is 5.11. The van der Waals surface area contributed by atoms with Crippen LogP contribution in [0.1, 0.15) is 6.92 Å². The molecule has 0 amide bonds. The fourth-order valence-electron chi connectivity index (χ4n) is 0.428. The fraction of sp³-hybridized carbons (Fsp3) is 0.400. The van der Waals surface area contributed by atoms with Crippen LogP contribution in [0, 0.1) is 37.3 Å². The molecule has 40 valence electrons. The number of hydrogen-bond acceptors (Lipinski definition) is 1. The predicted molar refractivity (Wildman–Crippen MR) is 26.7 cm³/mol. The maximum absolute atomic E-state index is 3.80. The summed E-state index contributed by atoms with van der Waals surface area (Å²) in [6.45, 7) is 3.01. The van der Waals surface area contributed by atoms with Crippen molar-refractivity contribution in [2.24, 2.45) is 0 Å². The molecule has 1 heterocycles. The number of hydrogen-bond donors (Lipinski definition) is 0. The van der Waals surface area contributed by atoms with Crippen LogP contribution in [0.3, 0.4) is 0 Å². The van der Waals surface area contributed by atoms with Gasteiger partial charge < -0.3 is 9.55 Å². The summed E-state index contributed by atoms with van der Waals surface area (Å²) in [5.74, 6) is 0. The van der Waals surface area contributed by atoms with Crippen LogP contribution < -0.4 is 0 Å². The van der Waals surface area contributed by atoms with Crippen molar-refractivity contribution in [2.75, 3.05) is 0 Å². The smallest absolute Gasteiger partial charge is 0.501 e. The van der Waals surface area contributed by atoms with Crippen LogP contribution >= 0.6 is 0 Å². The van der Waals surface area contributed by atoms with Gasteiger partial charge in [0.2, 0.25) is 0 Å². The van der Waals surface area contributed by atoms with Crippen molar-refractivity contribution in [3.05, 3.63) is 18.7 Å². The molecule has 0 radical (unpaired) electrons. The van der Waals surface area contributed by atoms with Crippen molar-refractivity contribution in [2.45, 2.75) is 13.5 Å². The number of rotatable bonds is 1. The van der Waals surface area contributed by atoms with E-state index >= 15 is 0 Å². The van der Waals surface area contributed by atoms with E-state index in [9.17, 15) is 0 Å². The van der Waals surface area contributed by atoms with Crippen LogP contribution in [-0.4, -0.2) is 9.55 Å². The maximum Gasteiger partial charge on any atom is 2.00 e. The standard InChI is InChI=1S/C5H7N2.U/c1-2-7-4-3-6-5-7;/h3,5H,2H2,1H3;/q-1;+2. The van der Waals surface area contributed by atoms with Crippen LogP contribution in [0.4, 0.5) is 0 Å². The molecule has 1 aromatic heterocycles. The molecule has 0 aliphatic heterocycles. The minimum Gasteiger partial charge on any atom is -0.501 e. The molecule has 0 fully saturated rings. The SMILES string of the molecule is CCn1[c-]cnc1.[U+2]. The van der Waals surface area contributed by atoms with Crippen molar-refractivity contribution in [1.82, 2.24) is 9.55 Å². The van der Waals surface area contributed by atoms with Crippen LogP contribution in [-0.2, 0) is 6.54 Å². The van der Waals surface area contributed by atoms with Crippen molar-refractivity contribution < 1.29 is 31.1 Å². The molecule has 2 nitrogen and oxygen atoms in total. The predicted octanol–water partition coefficient (Wildman–Crippen LogP) is 0.703. The Hall–Kier alpha value is 0.262. The Kier molecular flexibility index (Phi) is 4.31. The van der Waals surface area contributed by atoms with E-state index in [0.717, 1.165) is 6.54 Å². The minimum atomic E-state index is 0. The Bertz CT molecular complexity index is 125. The molecule has 3 heteroatoms. The second-order valence-electron chi connectivity index (χ2n) is 1.31. The van der Waals surface area contributed by atoms with Gasteiger partial charge in [0.1, 0.15) is 0 Å². The van der Waals surface area contributed by atoms with E-state index in [0.29, 0.717) is 0 Å². The van der Waals surface area contributed by atoms with E-state index in [1.54, 1.807) is 12.5 Å². The van der Waals surface area contributed by atoms with E-state index in [-0.39, 0.29) is 31.1 Å². The van der Waals surface area contributed by atoms with Crippen LogP contribution in [0.25, 0.3) is 0 Å². The Morgan fingerprint density at radius 3 is 2.75 bits per heavy atom. The summed E-state index contributed by atoms with van der Waals surface area (Å²) in [4.78, 5) is 3.80. The summed E-state index contributed by atoms with van der Waals surface area (Å²) in [6.07, 6.45) is 6.30. The van der Waals surface area contributed by atoms with Gasteiger partial charge in [-0.3, -0.25) is 0 Å². The Balaban J connectivity index is 0.000000490. The molecule has 0 unspecified atom stereocenters. The summed E-state index contributed by atoms with van der Waals surface area (Å²) < 4.78 is 1.89. The maximum atomic E-state index is 3.80. The molecule has 0 spiro atoms. The molecule has 8 heavy (non-hydrogen) atoms. The summed E-state index contributed by atoms with van der Waals surface area (Å²) >= 11 is 0. The van der Waals surface area contributed by atoms with Crippen LogP contribution in [0.5, 0.6) is 0 Å². The molecule has 0 aliphatic carbocycles. The average Bonchev–Trinajstić information content (AvgIpc) is 2.14. The average molecular weight is 333 g/mol. The Labute approximate surface area is 72.7 Å². The van der Waals surface area contributed by atoms with E-state index in [1.807, 2.05) is 4.57 Å². The number of imidazole rings is 1. The molecule has 0 bridgehead atoms. The molecule has 0 saturated carbocycles. The van der Waals surface area contributed by atoms with Crippen molar-refractivity contribution in [3.63, 3.8) is 0 Å². The van der Waals surface area contributed by atoms with Gasteiger partial charge >= 0.3 is 31.1 Å². The van der Waals surface area contributed by atoms with Gasteiger partial charge in [0.05, 0.1) is 0 Å². The Morgan fingerprint density at radius 1 is 1.75 bits per heavy atom. The molecule has 1 rings (SSSR count). The second kappa shape index (κ2) is 4.17. The molecule has 0 aromatic carbocycles. The van der Waals surface area contributed by atoms with Crippen molar-refractivity contribution in [1.29, 1.82) is 0 Å². The first-order valence-electron chi connectivity index (χ1n) is 2.31. The third-order valence-corrected chi connectivity index (χ3v) is 0.845. The third kappa shape index (κ3) is 2.02. The molecule has 0 aliphatic rings. The van der Waals surface area contributed by atoms with E-state index in [4.69, 9.17) is 0 Å². The zero-order valence-electron chi connectivity index (χ0n) is 4.76. The fourth-order valence-corrected chi connectivity index (χ4v) is 0.428. The van der Waals surface area contributed by atoms with Crippen LogP contribution in [0.15, 0.2) is 12.5 Å². The summed E-state index contributed by atoms with van der Waals surface area (Å²) in [5, 5.41) is 0. The Morgan fingerprint density at radius 2 is 2.50 bits per heavy atom.